The number of methoxy groups -OCH3 is 1. The van der Waals surface area contributed by atoms with Crippen LogP contribution >= 0.6 is 0 Å². The summed E-state index contributed by atoms with van der Waals surface area (Å²) >= 11 is 0. The van der Waals surface area contributed by atoms with Gasteiger partial charge in [0, 0.05) is 30.4 Å². The summed E-state index contributed by atoms with van der Waals surface area (Å²) in [6, 6.07) is 12.4. The number of halogens is 1. The van der Waals surface area contributed by atoms with E-state index in [1.54, 1.807) is 24.3 Å². The van der Waals surface area contributed by atoms with E-state index in [0.29, 0.717) is 11.4 Å². The molecule has 2 aromatic carbocycles. The molecule has 0 spiro atoms. The zero-order valence-corrected chi connectivity index (χ0v) is 16.1. The number of ether oxygens (including phenoxy) is 2. The van der Waals surface area contributed by atoms with Crippen LogP contribution in [0.4, 0.5) is 15.8 Å². The van der Waals surface area contributed by atoms with Gasteiger partial charge in [0.1, 0.15) is 11.6 Å². The van der Waals surface area contributed by atoms with Crippen LogP contribution in [-0.4, -0.2) is 37.5 Å². The lowest BCUT2D eigenvalue weighted by Gasteiger charge is -2.18. The van der Waals surface area contributed by atoms with Crippen LogP contribution in [0.15, 0.2) is 48.5 Å². The molecule has 0 radical (unpaired) electrons. The highest BCUT2D eigenvalue weighted by Crippen LogP contribution is 2.28. The maximum absolute atomic E-state index is 13.2. The Morgan fingerprint density at radius 2 is 1.97 bits per heavy atom. The molecule has 1 saturated heterocycles. The van der Waals surface area contributed by atoms with Crippen LogP contribution in [0, 0.1) is 11.7 Å². The van der Waals surface area contributed by atoms with Gasteiger partial charge in [-0.1, -0.05) is 12.1 Å². The van der Waals surface area contributed by atoms with Gasteiger partial charge in [-0.15, -0.1) is 0 Å². The van der Waals surface area contributed by atoms with Crippen molar-refractivity contribution < 1.29 is 28.2 Å². The number of benzene rings is 2. The van der Waals surface area contributed by atoms with Gasteiger partial charge in [-0.25, -0.2) is 4.39 Å². The Hall–Kier alpha value is -3.42. The summed E-state index contributed by atoms with van der Waals surface area (Å²) < 4.78 is 23.6. The number of nitrogens with one attached hydrogen (secondary N) is 1. The Labute approximate surface area is 167 Å². The van der Waals surface area contributed by atoms with E-state index in [1.807, 2.05) is 0 Å². The van der Waals surface area contributed by atoms with E-state index in [-0.39, 0.29) is 24.6 Å². The quantitative estimate of drug-likeness (QED) is 0.754. The molecular weight excluding hydrogens is 379 g/mol. The van der Waals surface area contributed by atoms with Crippen LogP contribution in [-0.2, 0) is 19.1 Å². The third-order valence-electron chi connectivity index (χ3n) is 4.58. The van der Waals surface area contributed by atoms with Crippen molar-refractivity contribution in [2.45, 2.75) is 19.4 Å². The Balaban J connectivity index is 1.59. The zero-order chi connectivity index (χ0) is 21.0. The van der Waals surface area contributed by atoms with Crippen molar-refractivity contribution in [1.29, 1.82) is 0 Å². The second-order valence-corrected chi connectivity index (χ2v) is 6.69. The molecule has 2 atom stereocenters. The molecule has 1 fully saturated rings. The van der Waals surface area contributed by atoms with Gasteiger partial charge in [0.2, 0.25) is 5.91 Å². The molecule has 1 aliphatic rings. The SMILES string of the molecule is COc1cccc(N2CC(C(=O)OC(C)C(=O)Nc3cccc(F)c3)CC2=O)c1. The highest BCUT2D eigenvalue weighted by atomic mass is 19.1. The monoisotopic (exact) mass is 400 g/mol. The number of hydrogen-bond acceptors (Lipinski definition) is 5. The van der Waals surface area contributed by atoms with Crippen molar-refractivity contribution in [3.63, 3.8) is 0 Å². The Bertz CT molecular complexity index is 933. The predicted molar refractivity (Wildman–Crippen MR) is 104 cm³/mol. The van der Waals surface area contributed by atoms with Gasteiger partial charge in [0.05, 0.1) is 13.0 Å². The van der Waals surface area contributed by atoms with E-state index in [4.69, 9.17) is 9.47 Å². The molecule has 1 heterocycles. The highest BCUT2D eigenvalue weighted by Gasteiger charge is 2.37. The number of carbonyl (C=O) groups excluding carboxylic acids is 3. The van der Waals surface area contributed by atoms with E-state index >= 15 is 0 Å². The number of carbonyl (C=O) groups is 3. The molecule has 8 heteroatoms. The van der Waals surface area contributed by atoms with Gasteiger partial charge in [-0.2, -0.15) is 0 Å². The smallest absolute Gasteiger partial charge is 0.312 e. The topological polar surface area (TPSA) is 84.9 Å². The van der Waals surface area contributed by atoms with Crippen LogP contribution in [0.3, 0.4) is 0 Å². The zero-order valence-electron chi connectivity index (χ0n) is 16.1. The number of hydrogen-bond donors (Lipinski definition) is 1. The second-order valence-electron chi connectivity index (χ2n) is 6.69. The van der Waals surface area contributed by atoms with E-state index in [0.717, 1.165) is 6.07 Å². The Kier molecular flexibility index (Phi) is 6.11. The van der Waals surface area contributed by atoms with Crippen LogP contribution in [0.2, 0.25) is 0 Å². The molecule has 1 aliphatic heterocycles. The number of nitrogens with zero attached hydrogens (tertiary/aromatic N) is 1. The lowest BCUT2D eigenvalue weighted by atomic mass is 10.1. The summed E-state index contributed by atoms with van der Waals surface area (Å²) in [4.78, 5) is 38.5. The minimum Gasteiger partial charge on any atom is -0.497 e. The summed E-state index contributed by atoms with van der Waals surface area (Å²) in [5.74, 6) is -2.00. The van der Waals surface area contributed by atoms with E-state index < -0.39 is 29.7 Å². The minimum absolute atomic E-state index is 0.00568. The van der Waals surface area contributed by atoms with Crippen molar-refractivity contribution in [3.05, 3.63) is 54.3 Å². The summed E-state index contributed by atoms with van der Waals surface area (Å²) in [7, 11) is 1.53. The first-order valence-electron chi connectivity index (χ1n) is 9.08. The summed E-state index contributed by atoms with van der Waals surface area (Å²) in [6.45, 7) is 1.58. The van der Waals surface area contributed by atoms with Crippen molar-refractivity contribution in [2.24, 2.45) is 5.92 Å². The van der Waals surface area contributed by atoms with Crippen molar-refractivity contribution in [1.82, 2.24) is 0 Å². The predicted octanol–water partition coefficient (Wildman–Crippen LogP) is 2.76. The molecular formula is C21H21FN2O5. The molecule has 152 valence electrons. The van der Waals surface area contributed by atoms with Gasteiger partial charge >= 0.3 is 5.97 Å². The normalized spacial score (nSPS) is 17.0. The molecule has 7 nitrogen and oxygen atoms in total. The lowest BCUT2D eigenvalue weighted by Crippen LogP contribution is -2.33. The van der Waals surface area contributed by atoms with Crippen LogP contribution in [0.25, 0.3) is 0 Å². The maximum atomic E-state index is 13.2. The number of anilines is 2. The first kappa shape index (κ1) is 20.3. The van der Waals surface area contributed by atoms with Crippen LogP contribution in [0.5, 0.6) is 5.75 Å². The molecule has 0 saturated carbocycles. The van der Waals surface area contributed by atoms with Crippen LogP contribution in [0.1, 0.15) is 13.3 Å². The molecule has 1 N–H and O–H groups in total. The summed E-state index contributed by atoms with van der Waals surface area (Å²) in [5, 5.41) is 2.49. The first-order valence-corrected chi connectivity index (χ1v) is 9.08. The molecule has 2 unspecified atom stereocenters. The fraction of sp³-hybridized carbons (Fsp3) is 0.286. The second kappa shape index (κ2) is 8.72. The molecule has 0 bridgehead atoms. The summed E-state index contributed by atoms with van der Waals surface area (Å²) in [6.07, 6.45) is -1.10. The average molecular weight is 400 g/mol. The van der Waals surface area contributed by atoms with Crippen molar-refractivity contribution >= 4 is 29.2 Å². The minimum atomic E-state index is -1.09. The maximum Gasteiger partial charge on any atom is 0.312 e. The Morgan fingerprint density at radius 1 is 1.21 bits per heavy atom. The van der Waals surface area contributed by atoms with E-state index in [1.165, 1.54) is 37.1 Å². The first-order chi connectivity index (χ1) is 13.9. The molecule has 0 aromatic heterocycles. The largest absolute Gasteiger partial charge is 0.497 e. The number of rotatable bonds is 6. The number of amides is 2. The van der Waals surface area contributed by atoms with Crippen molar-refractivity contribution in [2.75, 3.05) is 23.9 Å². The molecule has 29 heavy (non-hydrogen) atoms. The van der Waals surface area contributed by atoms with Crippen LogP contribution < -0.4 is 15.0 Å². The third-order valence-corrected chi connectivity index (χ3v) is 4.58. The van der Waals surface area contributed by atoms with Gasteiger partial charge in [-0.05, 0) is 37.3 Å². The fourth-order valence-electron chi connectivity index (χ4n) is 3.03. The highest BCUT2D eigenvalue weighted by molar-refractivity contribution is 6.00. The van der Waals surface area contributed by atoms with Gasteiger partial charge in [0.15, 0.2) is 6.10 Å². The molecule has 0 aliphatic carbocycles. The van der Waals surface area contributed by atoms with Crippen molar-refractivity contribution in [3.8, 4) is 5.75 Å². The summed E-state index contributed by atoms with van der Waals surface area (Å²) in [5.41, 5.74) is 0.889. The van der Waals surface area contributed by atoms with Gasteiger partial charge < -0.3 is 19.7 Å². The van der Waals surface area contributed by atoms with E-state index in [9.17, 15) is 18.8 Å². The third kappa shape index (κ3) is 4.90. The average Bonchev–Trinajstić information content (AvgIpc) is 3.10. The molecule has 2 aromatic rings. The van der Waals surface area contributed by atoms with Gasteiger partial charge in [0.25, 0.3) is 5.91 Å². The standard InChI is InChI=1S/C21H21FN2O5/c1-13(20(26)23-16-6-3-5-15(22)10-16)29-21(27)14-9-19(25)24(12-14)17-7-4-8-18(11-17)28-2/h3-8,10-11,13-14H,9,12H2,1-2H3,(H,23,26). The fourth-order valence-corrected chi connectivity index (χ4v) is 3.03. The van der Waals surface area contributed by atoms with E-state index in [2.05, 4.69) is 5.32 Å². The Morgan fingerprint density at radius 3 is 2.69 bits per heavy atom. The lowest BCUT2D eigenvalue weighted by molar-refractivity contribution is -0.157. The number of esters is 1. The molecule has 2 amide bonds. The van der Waals surface area contributed by atoms with Gasteiger partial charge in [-0.3, -0.25) is 14.4 Å². The molecule has 3 rings (SSSR count).